The van der Waals surface area contributed by atoms with Gasteiger partial charge in [0.05, 0.1) is 19.1 Å². The molecule has 1 heterocycles. The maximum Gasteiger partial charge on any atom is 0.413 e. The monoisotopic (exact) mass is 272 g/mol. The van der Waals surface area contributed by atoms with Gasteiger partial charge >= 0.3 is 12.1 Å². The van der Waals surface area contributed by atoms with E-state index in [2.05, 4.69) is 10.1 Å². The fraction of sp³-hybridized carbons (Fsp3) is 0.750. The first kappa shape index (κ1) is 15.4. The van der Waals surface area contributed by atoms with Gasteiger partial charge in [0.15, 0.2) is 0 Å². The van der Waals surface area contributed by atoms with Gasteiger partial charge in [-0.25, -0.2) is 4.79 Å². The van der Waals surface area contributed by atoms with Crippen LogP contribution in [-0.4, -0.2) is 54.7 Å². The third kappa shape index (κ3) is 3.44. The average Bonchev–Trinajstić information content (AvgIpc) is 2.73. The summed E-state index contributed by atoms with van der Waals surface area (Å²) in [5.74, 6) is -1.34. The number of hydrogen-bond donors (Lipinski definition) is 2. The number of carbonyl (C=O) groups is 3. The van der Waals surface area contributed by atoms with Gasteiger partial charge in [-0.3, -0.25) is 19.8 Å². The number of carbonyl (C=O) groups excluding carboxylic acids is 2. The first-order valence-corrected chi connectivity index (χ1v) is 6.15. The van der Waals surface area contributed by atoms with Gasteiger partial charge in [0, 0.05) is 6.54 Å². The molecule has 0 spiro atoms. The van der Waals surface area contributed by atoms with Gasteiger partial charge in [0.25, 0.3) is 0 Å². The molecule has 1 aliphatic heterocycles. The lowest BCUT2D eigenvalue weighted by atomic mass is 9.76. The lowest BCUT2D eigenvalue weighted by Crippen LogP contribution is -2.43. The number of imide groups is 1. The van der Waals surface area contributed by atoms with Crippen LogP contribution in [0.3, 0.4) is 0 Å². The summed E-state index contributed by atoms with van der Waals surface area (Å²) in [5, 5.41) is 11.4. The van der Waals surface area contributed by atoms with Crippen LogP contribution in [0.25, 0.3) is 0 Å². The summed E-state index contributed by atoms with van der Waals surface area (Å²) in [6, 6.07) is 0. The second-order valence-electron chi connectivity index (χ2n) is 5.12. The highest BCUT2D eigenvalue weighted by Gasteiger charge is 2.47. The molecule has 1 fully saturated rings. The van der Waals surface area contributed by atoms with Crippen molar-refractivity contribution in [3.05, 3.63) is 0 Å². The Balaban J connectivity index is 2.58. The second-order valence-corrected chi connectivity index (χ2v) is 5.12. The quantitative estimate of drug-likeness (QED) is 0.764. The first-order valence-electron chi connectivity index (χ1n) is 6.15. The van der Waals surface area contributed by atoms with E-state index in [1.807, 2.05) is 13.8 Å². The third-order valence-corrected chi connectivity index (χ3v) is 3.71. The van der Waals surface area contributed by atoms with E-state index in [1.165, 1.54) is 7.11 Å². The fourth-order valence-corrected chi connectivity index (χ4v) is 2.35. The number of ether oxygens (including phenoxy) is 1. The number of nitrogens with one attached hydrogen (secondary N) is 1. The summed E-state index contributed by atoms with van der Waals surface area (Å²) >= 11 is 0. The molecule has 1 atom stereocenters. The molecule has 1 rings (SSSR count). The number of amides is 2. The van der Waals surface area contributed by atoms with Crippen LogP contribution in [0.1, 0.15) is 20.3 Å². The Hall–Kier alpha value is -1.63. The van der Waals surface area contributed by atoms with Gasteiger partial charge in [-0.2, -0.15) is 0 Å². The first-order chi connectivity index (χ1) is 8.81. The molecule has 7 heteroatoms. The molecule has 2 N–H and O–H groups in total. The molecule has 0 aliphatic carbocycles. The largest absolute Gasteiger partial charge is 0.481 e. The Labute approximate surface area is 111 Å². The summed E-state index contributed by atoms with van der Waals surface area (Å²) < 4.78 is 4.32. The van der Waals surface area contributed by atoms with Gasteiger partial charge in [-0.05, 0) is 18.9 Å². The molecule has 1 saturated heterocycles. The number of carboxylic acid groups (broad SMARTS) is 1. The summed E-state index contributed by atoms with van der Waals surface area (Å²) in [4.78, 5) is 35.6. The van der Waals surface area contributed by atoms with Crippen molar-refractivity contribution >= 4 is 18.0 Å². The smallest absolute Gasteiger partial charge is 0.413 e. The van der Waals surface area contributed by atoms with Crippen molar-refractivity contribution in [2.75, 3.05) is 26.7 Å². The Morgan fingerprint density at radius 3 is 2.47 bits per heavy atom. The van der Waals surface area contributed by atoms with Gasteiger partial charge < -0.3 is 9.84 Å². The van der Waals surface area contributed by atoms with Crippen molar-refractivity contribution in [2.24, 2.45) is 11.3 Å². The number of nitrogens with zero attached hydrogens (tertiary/aromatic N) is 1. The zero-order valence-electron chi connectivity index (χ0n) is 11.4. The van der Waals surface area contributed by atoms with Gasteiger partial charge in [-0.1, -0.05) is 13.8 Å². The highest BCUT2D eigenvalue weighted by Crippen LogP contribution is 2.37. The zero-order valence-corrected chi connectivity index (χ0v) is 11.4. The van der Waals surface area contributed by atoms with Crippen LogP contribution in [0.5, 0.6) is 0 Å². The molecule has 2 amide bonds. The minimum absolute atomic E-state index is 0.00313. The molecule has 0 radical (unpaired) electrons. The van der Waals surface area contributed by atoms with Gasteiger partial charge in [0.1, 0.15) is 0 Å². The molecule has 0 bridgehead atoms. The zero-order chi connectivity index (χ0) is 14.6. The van der Waals surface area contributed by atoms with Crippen molar-refractivity contribution in [3.63, 3.8) is 0 Å². The van der Waals surface area contributed by atoms with Gasteiger partial charge in [0.2, 0.25) is 5.91 Å². The van der Waals surface area contributed by atoms with Crippen LogP contribution in [0, 0.1) is 11.3 Å². The highest BCUT2D eigenvalue weighted by molar-refractivity contribution is 5.92. The van der Waals surface area contributed by atoms with E-state index in [0.717, 1.165) is 0 Å². The lowest BCUT2D eigenvalue weighted by molar-refractivity contribution is -0.151. The van der Waals surface area contributed by atoms with Crippen LogP contribution < -0.4 is 5.32 Å². The van der Waals surface area contributed by atoms with Crippen LogP contribution in [-0.2, 0) is 14.3 Å². The maximum absolute atomic E-state index is 11.5. The van der Waals surface area contributed by atoms with Crippen molar-refractivity contribution in [2.45, 2.75) is 20.3 Å². The third-order valence-electron chi connectivity index (χ3n) is 3.71. The number of rotatable bonds is 4. The molecule has 0 aromatic heterocycles. The van der Waals surface area contributed by atoms with Crippen molar-refractivity contribution in [1.82, 2.24) is 10.2 Å². The van der Waals surface area contributed by atoms with Crippen LogP contribution in [0.2, 0.25) is 0 Å². The van der Waals surface area contributed by atoms with E-state index < -0.39 is 23.4 Å². The van der Waals surface area contributed by atoms with Gasteiger partial charge in [-0.15, -0.1) is 0 Å². The normalized spacial score (nSPS) is 23.4. The van der Waals surface area contributed by atoms with Crippen LogP contribution in [0.4, 0.5) is 4.79 Å². The molecular weight excluding hydrogens is 252 g/mol. The van der Waals surface area contributed by atoms with Crippen molar-refractivity contribution < 1.29 is 24.2 Å². The Bertz CT molecular complexity index is 382. The topological polar surface area (TPSA) is 95.9 Å². The minimum Gasteiger partial charge on any atom is -0.481 e. The van der Waals surface area contributed by atoms with E-state index in [9.17, 15) is 19.5 Å². The molecule has 1 aliphatic rings. The second kappa shape index (κ2) is 6.01. The summed E-state index contributed by atoms with van der Waals surface area (Å²) in [5.41, 5.74) is -0.814. The SMILES string of the molecule is COC(=O)NC(=O)CN1CCC(C(=O)O)(C(C)C)C1. The standard InChI is InChI=1S/C12H20N2O5/c1-8(2)12(10(16)17)4-5-14(7-12)6-9(15)13-11(18)19-3/h8H,4-7H2,1-3H3,(H,16,17)(H,13,15,18). The van der Waals surface area contributed by atoms with E-state index >= 15 is 0 Å². The Morgan fingerprint density at radius 2 is 2.05 bits per heavy atom. The maximum atomic E-state index is 11.5. The number of likely N-dealkylation sites (tertiary alicyclic amines) is 1. The van der Waals surface area contributed by atoms with Crippen molar-refractivity contribution in [3.8, 4) is 0 Å². The van der Waals surface area contributed by atoms with Crippen LogP contribution >= 0.6 is 0 Å². The number of alkyl carbamates (subject to hydrolysis) is 1. The minimum atomic E-state index is -0.835. The van der Waals surface area contributed by atoms with E-state index in [-0.39, 0.29) is 12.5 Å². The molecule has 0 aromatic rings. The summed E-state index contributed by atoms with van der Waals surface area (Å²) in [6.45, 7) is 4.57. The number of aliphatic carboxylic acids is 1. The lowest BCUT2D eigenvalue weighted by Gasteiger charge is -2.28. The number of carboxylic acids is 1. The predicted molar refractivity (Wildman–Crippen MR) is 66.5 cm³/mol. The Kier molecular flexibility index (Phi) is 4.88. The molecule has 108 valence electrons. The van der Waals surface area contributed by atoms with E-state index in [0.29, 0.717) is 19.5 Å². The van der Waals surface area contributed by atoms with E-state index in [1.54, 1.807) is 4.90 Å². The number of hydrogen-bond acceptors (Lipinski definition) is 5. The summed E-state index contributed by atoms with van der Waals surface area (Å²) in [7, 11) is 1.17. The molecule has 0 aromatic carbocycles. The fourth-order valence-electron chi connectivity index (χ4n) is 2.35. The average molecular weight is 272 g/mol. The molecule has 0 saturated carbocycles. The molecule has 7 nitrogen and oxygen atoms in total. The van der Waals surface area contributed by atoms with Crippen LogP contribution in [0.15, 0.2) is 0 Å². The highest BCUT2D eigenvalue weighted by atomic mass is 16.5. The Morgan fingerprint density at radius 1 is 1.42 bits per heavy atom. The van der Waals surface area contributed by atoms with Crippen molar-refractivity contribution in [1.29, 1.82) is 0 Å². The molecular formula is C12H20N2O5. The molecule has 19 heavy (non-hydrogen) atoms. The summed E-state index contributed by atoms with van der Waals surface area (Å²) in [6.07, 6.45) is -0.302. The predicted octanol–water partition coefficient (Wildman–Crippen LogP) is 0.302. The van der Waals surface area contributed by atoms with E-state index in [4.69, 9.17) is 0 Å². The number of methoxy groups -OCH3 is 1. The molecule has 1 unspecified atom stereocenters.